The summed E-state index contributed by atoms with van der Waals surface area (Å²) in [6.45, 7) is 16.0. The summed E-state index contributed by atoms with van der Waals surface area (Å²) in [6, 6.07) is 0. The normalized spacial score (nSPS) is 18.0. The van der Waals surface area contributed by atoms with Gasteiger partial charge in [-0.05, 0) is 31.0 Å². The third-order valence-corrected chi connectivity index (χ3v) is 9.29. The van der Waals surface area contributed by atoms with Crippen molar-refractivity contribution >= 4 is 30.9 Å². The molecular formula is C11H25IOSi. The highest BCUT2D eigenvalue weighted by Crippen LogP contribution is 2.38. The monoisotopic (exact) mass is 328 g/mol. The fourth-order valence-electron chi connectivity index (χ4n) is 0.883. The minimum Gasteiger partial charge on any atom is -0.414 e. The van der Waals surface area contributed by atoms with Crippen LogP contribution in [0.25, 0.3) is 0 Å². The number of hydrogen-bond acceptors (Lipinski definition) is 1. The van der Waals surface area contributed by atoms with Gasteiger partial charge in [-0.2, -0.15) is 0 Å². The maximum absolute atomic E-state index is 6.29. The molecule has 0 aliphatic carbocycles. The highest BCUT2D eigenvalue weighted by Gasteiger charge is 2.38. The molecule has 0 heterocycles. The molecule has 1 nitrogen and oxygen atoms in total. The molecule has 86 valence electrons. The molecule has 0 rings (SSSR count). The highest BCUT2D eigenvalue weighted by atomic mass is 127. The van der Waals surface area contributed by atoms with E-state index in [1.54, 1.807) is 0 Å². The van der Waals surface area contributed by atoms with E-state index >= 15 is 0 Å². The number of hydrogen-bond donors (Lipinski definition) is 0. The van der Waals surface area contributed by atoms with Crippen molar-refractivity contribution in [3.8, 4) is 0 Å². The van der Waals surface area contributed by atoms with Crippen molar-refractivity contribution in [2.45, 2.75) is 58.9 Å². The van der Waals surface area contributed by atoms with Gasteiger partial charge >= 0.3 is 0 Å². The molecule has 0 amide bonds. The Morgan fingerprint density at radius 3 is 1.93 bits per heavy atom. The lowest BCUT2D eigenvalue weighted by molar-refractivity contribution is 0.155. The second-order valence-corrected chi connectivity index (χ2v) is 11.4. The second kappa shape index (κ2) is 5.30. The molecule has 0 unspecified atom stereocenters. The average Bonchev–Trinajstić information content (AvgIpc) is 2.00. The molecular weight excluding hydrogens is 303 g/mol. The van der Waals surface area contributed by atoms with E-state index in [2.05, 4.69) is 70.3 Å². The van der Waals surface area contributed by atoms with Crippen LogP contribution in [0, 0.1) is 5.92 Å². The predicted molar refractivity (Wildman–Crippen MR) is 75.8 cm³/mol. The Bertz CT molecular complexity index is 175. The lowest BCUT2D eigenvalue weighted by Gasteiger charge is -2.39. The van der Waals surface area contributed by atoms with E-state index in [0.29, 0.717) is 17.1 Å². The molecule has 0 saturated heterocycles. The molecule has 0 aliphatic rings. The van der Waals surface area contributed by atoms with E-state index in [0.717, 1.165) is 0 Å². The fourth-order valence-corrected chi connectivity index (χ4v) is 3.11. The average molecular weight is 328 g/mol. The van der Waals surface area contributed by atoms with Gasteiger partial charge in [0.05, 0.1) is 0 Å². The molecule has 0 fully saturated rings. The second-order valence-electron chi connectivity index (χ2n) is 5.71. The summed E-state index contributed by atoms with van der Waals surface area (Å²) in [6.07, 6.45) is 0.396. The molecule has 0 spiro atoms. The summed E-state index contributed by atoms with van der Waals surface area (Å²) >= 11 is 2.44. The molecule has 3 heteroatoms. The van der Waals surface area contributed by atoms with E-state index < -0.39 is 8.32 Å². The summed E-state index contributed by atoms with van der Waals surface area (Å²) < 4.78 is 7.46. The molecule has 0 aromatic heterocycles. The van der Waals surface area contributed by atoms with E-state index in [9.17, 15) is 0 Å². The first-order valence-electron chi connectivity index (χ1n) is 5.35. The lowest BCUT2D eigenvalue weighted by Crippen LogP contribution is -2.44. The summed E-state index contributed by atoms with van der Waals surface area (Å²) in [7, 11) is -1.55. The smallest absolute Gasteiger partial charge is 0.192 e. The number of rotatable bonds is 4. The van der Waals surface area contributed by atoms with Gasteiger partial charge in [0.1, 0.15) is 0 Å². The summed E-state index contributed by atoms with van der Waals surface area (Å²) in [5, 5.41) is 0.326. The van der Waals surface area contributed by atoms with Crippen LogP contribution in [-0.2, 0) is 4.43 Å². The summed E-state index contributed by atoms with van der Waals surface area (Å²) in [5.41, 5.74) is 0. The first kappa shape index (κ1) is 14.9. The van der Waals surface area contributed by atoms with Crippen molar-refractivity contribution in [1.82, 2.24) is 0 Å². The quantitative estimate of drug-likeness (QED) is 0.420. The van der Waals surface area contributed by atoms with Crippen LogP contribution in [0.3, 0.4) is 0 Å². The predicted octanol–water partition coefficient (Wildman–Crippen LogP) is 4.47. The Balaban J connectivity index is 4.36. The van der Waals surface area contributed by atoms with Gasteiger partial charge in [-0.15, -0.1) is 0 Å². The number of alkyl halides is 1. The van der Waals surface area contributed by atoms with Crippen molar-refractivity contribution < 1.29 is 4.43 Å². The molecule has 0 aromatic rings. The summed E-state index contributed by atoms with van der Waals surface area (Å²) in [5.74, 6) is 0.657. The van der Waals surface area contributed by atoms with Crippen molar-refractivity contribution in [3.63, 3.8) is 0 Å². The Kier molecular flexibility index (Phi) is 5.64. The third kappa shape index (κ3) is 4.19. The maximum Gasteiger partial charge on any atom is 0.192 e. The van der Waals surface area contributed by atoms with Crippen LogP contribution in [-0.4, -0.2) is 18.8 Å². The van der Waals surface area contributed by atoms with Gasteiger partial charge in [-0.25, -0.2) is 0 Å². The van der Waals surface area contributed by atoms with Crippen molar-refractivity contribution in [2.24, 2.45) is 5.92 Å². The minimum atomic E-state index is -1.55. The van der Waals surface area contributed by atoms with Crippen LogP contribution in [0.4, 0.5) is 0 Å². The Labute approximate surface area is 104 Å². The molecule has 0 bridgehead atoms. The van der Waals surface area contributed by atoms with Crippen LogP contribution in [0.2, 0.25) is 18.1 Å². The van der Waals surface area contributed by atoms with E-state index in [4.69, 9.17) is 4.43 Å². The van der Waals surface area contributed by atoms with Gasteiger partial charge in [0.25, 0.3) is 0 Å². The highest BCUT2D eigenvalue weighted by molar-refractivity contribution is 14.1. The standard InChI is InChI=1S/C11H25IOSi/c1-9(8-12)10(2)13-14(6,7)11(3,4)5/h9-10H,8H2,1-7H3/t9-,10+/m0/s1. The minimum absolute atomic E-state index is 0.326. The van der Waals surface area contributed by atoms with Gasteiger partial charge in [0, 0.05) is 10.5 Å². The van der Waals surface area contributed by atoms with Crippen LogP contribution in [0.15, 0.2) is 0 Å². The maximum atomic E-state index is 6.29. The first-order valence-corrected chi connectivity index (χ1v) is 9.79. The molecule has 0 radical (unpaired) electrons. The third-order valence-electron chi connectivity index (χ3n) is 3.33. The van der Waals surface area contributed by atoms with Crippen molar-refractivity contribution in [3.05, 3.63) is 0 Å². The van der Waals surface area contributed by atoms with Gasteiger partial charge in [-0.1, -0.05) is 50.3 Å². The van der Waals surface area contributed by atoms with Crippen LogP contribution >= 0.6 is 22.6 Å². The fraction of sp³-hybridized carbons (Fsp3) is 1.00. The SMILES string of the molecule is C[C@@H](CI)[C@@H](C)O[Si](C)(C)C(C)(C)C. The Morgan fingerprint density at radius 2 is 1.64 bits per heavy atom. The number of halogens is 1. The first-order chi connectivity index (χ1) is 6.12. The summed E-state index contributed by atoms with van der Waals surface area (Å²) in [4.78, 5) is 0. The largest absolute Gasteiger partial charge is 0.414 e. The lowest BCUT2D eigenvalue weighted by atomic mass is 10.1. The van der Waals surface area contributed by atoms with Crippen molar-refractivity contribution in [2.75, 3.05) is 4.43 Å². The zero-order valence-electron chi connectivity index (χ0n) is 10.6. The van der Waals surface area contributed by atoms with Crippen LogP contribution < -0.4 is 0 Å². The Morgan fingerprint density at radius 1 is 1.21 bits per heavy atom. The zero-order valence-corrected chi connectivity index (χ0v) is 13.8. The Hall–Kier alpha value is 0.907. The van der Waals surface area contributed by atoms with Crippen molar-refractivity contribution in [1.29, 1.82) is 0 Å². The molecule has 0 aromatic carbocycles. The zero-order chi connectivity index (χ0) is 11.6. The molecule has 0 aliphatic heterocycles. The van der Waals surface area contributed by atoms with E-state index in [-0.39, 0.29) is 0 Å². The van der Waals surface area contributed by atoms with E-state index in [1.807, 2.05) is 0 Å². The van der Waals surface area contributed by atoms with Gasteiger partial charge in [0.15, 0.2) is 8.32 Å². The molecule has 0 saturated carbocycles. The van der Waals surface area contributed by atoms with E-state index in [1.165, 1.54) is 4.43 Å². The van der Waals surface area contributed by atoms with Gasteiger partial charge in [0.2, 0.25) is 0 Å². The van der Waals surface area contributed by atoms with Crippen LogP contribution in [0.5, 0.6) is 0 Å². The van der Waals surface area contributed by atoms with Gasteiger partial charge < -0.3 is 4.43 Å². The molecule has 2 atom stereocenters. The van der Waals surface area contributed by atoms with Crippen LogP contribution in [0.1, 0.15) is 34.6 Å². The van der Waals surface area contributed by atoms with Gasteiger partial charge in [-0.3, -0.25) is 0 Å². The molecule has 14 heavy (non-hydrogen) atoms. The topological polar surface area (TPSA) is 9.23 Å². The molecule has 0 N–H and O–H groups in total.